The molecular weight excluding hydrogens is 451 g/mol. The number of hydrogen-bond donors (Lipinski definition) is 0. The van der Waals surface area contributed by atoms with Gasteiger partial charge in [0.25, 0.3) is 0 Å². The zero-order valence-corrected chi connectivity index (χ0v) is 19.5. The zero-order valence-electron chi connectivity index (χ0n) is 19.5. The Morgan fingerprint density at radius 3 is 2.23 bits per heavy atom. The fourth-order valence-corrected chi connectivity index (χ4v) is 3.24. The normalized spacial score (nSPS) is 10.7. The van der Waals surface area contributed by atoms with Gasteiger partial charge < -0.3 is 14.2 Å². The van der Waals surface area contributed by atoms with Crippen LogP contribution in [0.4, 0.5) is 4.39 Å². The smallest absolute Gasteiger partial charge is 0.330 e. The van der Waals surface area contributed by atoms with Crippen molar-refractivity contribution in [2.75, 3.05) is 33.0 Å². The summed E-state index contributed by atoms with van der Waals surface area (Å²) >= 11 is 0. The largest absolute Gasteiger partial charge is 0.493 e. The van der Waals surface area contributed by atoms with Gasteiger partial charge in [-0.15, -0.1) is 6.58 Å². The molecule has 0 saturated heterocycles. The van der Waals surface area contributed by atoms with Gasteiger partial charge in [-0.2, -0.15) is 0 Å². The molecule has 0 atom stereocenters. The molecule has 7 heteroatoms. The van der Waals surface area contributed by atoms with Crippen LogP contribution >= 0.6 is 0 Å². The Labute approximate surface area is 204 Å². The van der Waals surface area contributed by atoms with Gasteiger partial charge in [-0.1, -0.05) is 30.9 Å². The molecular formula is C28H29FO6. The highest BCUT2D eigenvalue weighted by atomic mass is 19.1. The van der Waals surface area contributed by atoms with Gasteiger partial charge in [-0.05, 0) is 46.7 Å². The van der Waals surface area contributed by atoms with Crippen molar-refractivity contribution in [3.63, 3.8) is 0 Å². The number of fused-ring (bicyclic) bond motifs is 1. The van der Waals surface area contributed by atoms with E-state index in [0.29, 0.717) is 56.3 Å². The van der Waals surface area contributed by atoms with Crippen LogP contribution in [0.3, 0.4) is 0 Å². The zero-order chi connectivity index (χ0) is 24.9. The second kappa shape index (κ2) is 13.9. The summed E-state index contributed by atoms with van der Waals surface area (Å²) in [5.74, 6) is 0.372. The Morgan fingerprint density at radius 2 is 1.49 bits per heavy atom. The van der Waals surface area contributed by atoms with E-state index in [1.54, 1.807) is 18.2 Å². The first-order valence-corrected chi connectivity index (χ1v) is 11.3. The molecule has 3 aromatic carbocycles. The van der Waals surface area contributed by atoms with E-state index in [2.05, 4.69) is 13.2 Å². The molecule has 3 rings (SSSR count). The number of hydrogen-bond acceptors (Lipinski definition) is 6. The topological polar surface area (TPSA) is 63.2 Å². The fraction of sp³-hybridized carbons (Fsp3) is 0.250. The van der Waals surface area contributed by atoms with Gasteiger partial charge >= 0.3 is 5.97 Å². The van der Waals surface area contributed by atoms with Crippen LogP contribution < -0.4 is 9.47 Å². The second-order valence-corrected chi connectivity index (χ2v) is 7.54. The first-order valence-electron chi connectivity index (χ1n) is 11.3. The molecule has 6 nitrogen and oxygen atoms in total. The van der Waals surface area contributed by atoms with Crippen LogP contribution in [0.1, 0.15) is 12.8 Å². The van der Waals surface area contributed by atoms with E-state index in [9.17, 15) is 9.18 Å². The van der Waals surface area contributed by atoms with Crippen molar-refractivity contribution < 1.29 is 33.2 Å². The lowest BCUT2D eigenvalue weighted by Gasteiger charge is -2.11. The van der Waals surface area contributed by atoms with Crippen LogP contribution in [-0.2, 0) is 19.3 Å². The minimum absolute atomic E-state index is 0.274. The summed E-state index contributed by atoms with van der Waals surface area (Å²) in [6.45, 7) is 8.66. The number of esters is 1. The average Bonchev–Trinajstić information content (AvgIpc) is 2.87. The summed E-state index contributed by atoms with van der Waals surface area (Å²) in [5.41, 5.74) is 1.27. The number of benzene rings is 3. The van der Waals surface area contributed by atoms with E-state index in [1.165, 1.54) is 6.07 Å². The van der Waals surface area contributed by atoms with Gasteiger partial charge in [0.2, 0.25) is 0 Å². The van der Waals surface area contributed by atoms with Gasteiger partial charge in [-0.3, -0.25) is 0 Å². The SMILES string of the molecule is C=CCOOCCCOc1ccc(-c2ccc3cc(OCCCOC(=O)C=C)ccc3c2)c(F)c1. The lowest BCUT2D eigenvalue weighted by molar-refractivity contribution is -0.287. The Morgan fingerprint density at radius 1 is 0.800 bits per heavy atom. The molecule has 0 heterocycles. The van der Waals surface area contributed by atoms with Gasteiger partial charge in [0.05, 0.1) is 26.4 Å². The van der Waals surface area contributed by atoms with Crippen LogP contribution in [0.2, 0.25) is 0 Å². The first kappa shape index (κ1) is 25.9. The van der Waals surface area contributed by atoms with Crippen molar-refractivity contribution in [1.29, 1.82) is 0 Å². The van der Waals surface area contributed by atoms with Crippen LogP contribution in [0, 0.1) is 5.82 Å². The number of rotatable bonds is 15. The Hall–Kier alpha value is -3.68. The highest BCUT2D eigenvalue weighted by molar-refractivity contribution is 5.88. The Bertz CT molecular complexity index is 1140. The molecule has 0 aromatic heterocycles. The first-order chi connectivity index (χ1) is 17.1. The van der Waals surface area contributed by atoms with E-state index in [4.69, 9.17) is 24.0 Å². The highest BCUT2D eigenvalue weighted by Gasteiger charge is 2.09. The highest BCUT2D eigenvalue weighted by Crippen LogP contribution is 2.30. The summed E-state index contributed by atoms with van der Waals surface area (Å²) in [6, 6.07) is 16.3. The molecule has 184 valence electrons. The molecule has 35 heavy (non-hydrogen) atoms. The van der Waals surface area contributed by atoms with E-state index in [0.717, 1.165) is 22.4 Å². The number of carbonyl (C=O) groups is 1. The van der Waals surface area contributed by atoms with Crippen LogP contribution in [0.25, 0.3) is 21.9 Å². The predicted molar refractivity (Wildman–Crippen MR) is 133 cm³/mol. The molecule has 0 unspecified atom stereocenters. The van der Waals surface area contributed by atoms with Crippen molar-refractivity contribution in [3.05, 3.63) is 85.7 Å². The van der Waals surface area contributed by atoms with Gasteiger partial charge in [-0.25, -0.2) is 19.0 Å². The Kier molecular flexibility index (Phi) is 10.3. The van der Waals surface area contributed by atoms with Gasteiger partial charge in [0, 0.05) is 30.5 Å². The van der Waals surface area contributed by atoms with Crippen molar-refractivity contribution in [3.8, 4) is 22.6 Å². The van der Waals surface area contributed by atoms with Crippen molar-refractivity contribution >= 4 is 16.7 Å². The molecule has 0 radical (unpaired) electrons. The summed E-state index contributed by atoms with van der Waals surface area (Å²) in [6.07, 6.45) is 3.92. The van der Waals surface area contributed by atoms with Crippen LogP contribution in [-0.4, -0.2) is 39.0 Å². The van der Waals surface area contributed by atoms with Crippen molar-refractivity contribution in [1.82, 2.24) is 0 Å². The van der Waals surface area contributed by atoms with Gasteiger partial charge in [0.1, 0.15) is 23.9 Å². The van der Waals surface area contributed by atoms with Gasteiger partial charge in [0.15, 0.2) is 0 Å². The molecule has 0 fully saturated rings. The van der Waals surface area contributed by atoms with Crippen molar-refractivity contribution in [2.45, 2.75) is 12.8 Å². The standard InChI is InChI=1S/C28H29FO6/c1-3-13-34-35-17-6-15-32-25-11-12-26(27(29)20-25)23-8-7-22-19-24(10-9-21(22)18-23)31-14-5-16-33-28(30)4-2/h3-4,7-12,18-20H,1-2,5-6,13-17H2. The molecule has 3 aromatic rings. The van der Waals surface area contributed by atoms with Crippen molar-refractivity contribution in [2.24, 2.45) is 0 Å². The quantitative estimate of drug-likeness (QED) is 0.0659. The van der Waals surface area contributed by atoms with E-state index in [1.807, 2.05) is 36.4 Å². The average molecular weight is 481 g/mol. The van der Waals surface area contributed by atoms with E-state index in [-0.39, 0.29) is 12.4 Å². The molecule has 0 aliphatic rings. The number of carbonyl (C=O) groups excluding carboxylic acids is 1. The van der Waals surface area contributed by atoms with E-state index < -0.39 is 5.97 Å². The lowest BCUT2D eigenvalue weighted by Crippen LogP contribution is -2.06. The molecule has 0 amide bonds. The maximum atomic E-state index is 14.8. The maximum Gasteiger partial charge on any atom is 0.330 e. The summed E-state index contributed by atoms with van der Waals surface area (Å²) in [4.78, 5) is 20.8. The molecule has 0 bridgehead atoms. The van der Waals surface area contributed by atoms with Crippen LogP contribution in [0.5, 0.6) is 11.5 Å². The summed E-state index contributed by atoms with van der Waals surface area (Å²) in [5, 5.41) is 1.94. The second-order valence-electron chi connectivity index (χ2n) is 7.54. The monoisotopic (exact) mass is 480 g/mol. The number of halogens is 1. The third kappa shape index (κ3) is 8.24. The maximum absolute atomic E-state index is 14.8. The lowest BCUT2D eigenvalue weighted by atomic mass is 10.0. The summed E-state index contributed by atoms with van der Waals surface area (Å²) < 4.78 is 31.0. The predicted octanol–water partition coefficient (Wildman–Crippen LogP) is 6.05. The third-order valence-electron chi connectivity index (χ3n) is 4.94. The van der Waals surface area contributed by atoms with Crippen LogP contribution in [0.15, 0.2) is 79.9 Å². The number of ether oxygens (including phenoxy) is 3. The fourth-order valence-electron chi connectivity index (χ4n) is 3.24. The third-order valence-corrected chi connectivity index (χ3v) is 4.94. The molecule has 0 spiro atoms. The Balaban J connectivity index is 1.54. The van der Waals surface area contributed by atoms with E-state index >= 15 is 0 Å². The molecule has 0 aliphatic carbocycles. The molecule has 0 aliphatic heterocycles. The summed E-state index contributed by atoms with van der Waals surface area (Å²) in [7, 11) is 0. The minimum Gasteiger partial charge on any atom is -0.493 e. The molecule has 0 N–H and O–H groups in total. The molecule has 0 saturated carbocycles. The minimum atomic E-state index is -0.443.